The number of carbonyl (C=O) groups excluding carboxylic acids is 8. The Kier molecular flexibility index (Phi) is 27.9. The van der Waals surface area contributed by atoms with E-state index >= 15 is 0 Å². The number of nitrogens with two attached hydrogens (primary N) is 4. The van der Waals surface area contributed by atoms with Gasteiger partial charge in [-0.2, -0.15) is 0 Å². The van der Waals surface area contributed by atoms with E-state index in [0.717, 1.165) is 5.56 Å². The summed E-state index contributed by atoms with van der Waals surface area (Å²) < 4.78 is 0. The second-order valence-electron chi connectivity index (χ2n) is 19.0. The number of guanidine groups is 1. The van der Waals surface area contributed by atoms with Gasteiger partial charge in [-0.1, -0.05) is 79.7 Å². The van der Waals surface area contributed by atoms with E-state index < -0.39 is 96.0 Å². The number of nitrogen functional groups attached to an aromatic ring is 1. The van der Waals surface area contributed by atoms with Crippen molar-refractivity contribution in [3.8, 4) is 0 Å². The van der Waals surface area contributed by atoms with Crippen LogP contribution in [0.1, 0.15) is 125 Å². The van der Waals surface area contributed by atoms with Crippen LogP contribution in [-0.2, 0) is 44.9 Å². The van der Waals surface area contributed by atoms with Crippen molar-refractivity contribution in [1.82, 2.24) is 42.5 Å². The van der Waals surface area contributed by atoms with Gasteiger partial charge in [-0.05, 0) is 87.1 Å². The molecule has 6 atom stereocenters. The molecule has 0 spiro atoms. The van der Waals surface area contributed by atoms with Crippen LogP contribution < -0.4 is 65.5 Å². The number of hydrogen-bond acceptors (Lipinski definition) is 11. The molecule has 0 aliphatic carbocycles. The third-order valence-corrected chi connectivity index (χ3v) is 10.7. The summed E-state index contributed by atoms with van der Waals surface area (Å²) in [5.41, 5.74) is 23.5. The van der Waals surface area contributed by atoms with Gasteiger partial charge in [-0.3, -0.25) is 48.8 Å². The van der Waals surface area contributed by atoms with Crippen molar-refractivity contribution < 1.29 is 38.4 Å². The van der Waals surface area contributed by atoms with Gasteiger partial charge in [0.1, 0.15) is 42.1 Å². The van der Waals surface area contributed by atoms with Crippen molar-refractivity contribution in [1.29, 1.82) is 5.41 Å². The Labute approximate surface area is 407 Å². The largest absolute Gasteiger partial charge is 0.384 e. The molecule has 69 heavy (non-hydrogen) atoms. The molecule has 22 heteroatoms. The molecule has 1 aromatic rings. The molecule has 0 aromatic heterocycles. The third kappa shape index (κ3) is 25.0. The first-order valence-corrected chi connectivity index (χ1v) is 23.9. The Balaban J connectivity index is 3.22. The van der Waals surface area contributed by atoms with Crippen LogP contribution in [0.3, 0.4) is 0 Å². The molecule has 0 fully saturated rings. The Hall–Kier alpha value is -6.32. The maximum absolute atomic E-state index is 13.9. The van der Waals surface area contributed by atoms with Crippen molar-refractivity contribution in [2.45, 2.75) is 156 Å². The Morgan fingerprint density at radius 1 is 0.565 bits per heavy atom. The lowest BCUT2D eigenvalue weighted by Gasteiger charge is -2.28. The highest BCUT2D eigenvalue weighted by Crippen LogP contribution is 2.13. The van der Waals surface area contributed by atoms with Crippen LogP contribution in [0.15, 0.2) is 29.3 Å². The summed E-state index contributed by atoms with van der Waals surface area (Å²) in [5, 5.41) is 29.3. The molecule has 0 aliphatic rings. The number of unbranched alkanes of at least 4 members (excludes halogenated alkanes) is 1. The van der Waals surface area contributed by atoms with Gasteiger partial charge in [-0.15, -0.1) is 0 Å². The first-order chi connectivity index (χ1) is 32.3. The van der Waals surface area contributed by atoms with E-state index in [-0.39, 0.29) is 74.7 Å². The summed E-state index contributed by atoms with van der Waals surface area (Å²) >= 11 is 0. The quantitative estimate of drug-likeness (QED) is 0.0250. The lowest BCUT2D eigenvalue weighted by molar-refractivity contribution is -0.135. The van der Waals surface area contributed by atoms with E-state index in [1.807, 2.05) is 41.5 Å². The maximum atomic E-state index is 13.9. The minimum Gasteiger partial charge on any atom is -0.384 e. The molecular formula is C47H82N14O8. The van der Waals surface area contributed by atoms with Gasteiger partial charge >= 0.3 is 0 Å². The fourth-order valence-electron chi connectivity index (χ4n) is 7.13. The molecule has 388 valence electrons. The van der Waals surface area contributed by atoms with Crippen LogP contribution in [0.5, 0.6) is 0 Å². The second kappa shape index (κ2) is 31.7. The van der Waals surface area contributed by atoms with Crippen molar-refractivity contribution in [3.05, 3.63) is 35.4 Å². The van der Waals surface area contributed by atoms with Gasteiger partial charge in [0.15, 0.2) is 5.96 Å². The number of nitrogens with zero attached hydrogens (tertiary/aromatic N) is 1. The highest BCUT2D eigenvalue weighted by atomic mass is 16.2. The Morgan fingerprint density at radius 2 is 1.03 bits per heavy atom. The molecule has 8 amide bonds. The predicted molar refractivity (Wildman–Crippen MR) is 266 cm³/mol. The van der Waals surface area contributed by atoms with Crippen LogP contribution in [0.25, 0.3) is 0 Å². The topological polar surface area (TPSA) is 373 Å². The molecular weight excluding hydrogens is 889 g/mol. The summed E-state index contributed by atoms with van der Waals surface area (Å²) in [4.78, 5) is 111. The van der Waals surface area contributed by atoms with Crippen LogP contribution in [0, 0.1) is 29.1 Å². The number of amides is 8. The molecule has 22 nitrogen and oxygen atoms in total. The van der Waals surface area contributed by atoms with Crippen LogP contribution in [0.2, 0.25) is 0 Å². The zero-order valence-corrected chi connectivity index (χ0v) is 42.1. The van der Waals surface area contributed by atoms with E-state index in [4.69, 9.17) is 28.3 Å². The normalized spacial score (nSPS) is 13.8. The lowest BCUT2D eigenvalue weighted by atomic mass is 9.98. The molecule has 0 bridgehead atoms. The van der Waals surface area contributed by atoms with Gasteiger partial charge in [0.05, 0.1) is 6.54 Å². The minimum atomic E-state index is -1.22. The van der Waals surface area contributed by atoms with Crippen molar-refractivity contribution in [2.75, 3.05) is 19.6 Å². The number of carbonyl (C=O) groups is 8. The smallest absolute Gasteiger partial charge is 0.243 e. The SMILES string of the molecule is CC(=O)N[C@@H](CC(C)C)C(=O)N[C@@H](CC(C)C)C(=O)N[C@@H](CC(C)C)C(=O)NCC(=O)N[C@@H](CCCN=C(N)N)C(=O)N[C@H](C(=O)N[C@@H](CCCCN)C(=O)NCc1ccc(C(=N)N)cc1)C(C)C. The Morgan fingerprint density at radius 3 is 1.51 bits per heavy atom. The zero-order valence-electron chi connectivity index (χ0n) is 42.1. The summed E-state index contributed by atoms with van der Waals surface area (Å²) in [6, 6.07) is 0.418. The van der Waals surface area contributed by atoms with Crippen molar-refractivity contribution in [3.63, 3.8) is 0 Å². The van der Waals surface area contributed by atoms with Gasteiger partial charge < -0.3 is 65.5 Å². The first kappa shape index (κ1) is 60.7. The van der Waals surface area contributed by atoms with E-state index in [1.54, 1.807) is 38.1 Å². The number of hydrogen-bond donors (Lipinski definition) is 13. The van der Waals surface area contributed by atoms with Crippen molar-refractivity contribution >= 4 is 59.1 Å². The fourth-order valence-corrected chi connectivity index (χ4v) is 7.13. The monoisotopic (exact) mass is 971 g/mol. The first-order valence-electron chi connectivity index (χ1n) is 23.9. The Bertz CT molecular complexity index is 1890. The maximum Gasteiger partial charge on any atom is 0.243 e. The molecule has 0 radical (unpaired) electrons. The number of aliphatic imine (C=N–C) groups is 1. The lowest BCUT2D eigenvalue weighted by Crippen LogP contribution is -2.59. The average molecular weight is 971 g/mol. The zero-order chi connectivity index (χ0) is 52.4. The molecule has 17 N–H and O–H groups in total. The van der Waals surface area contributed by atoms with Crippen LogP contribution in [0.4, 0.5) is 0 Å². The van der Waals surface area contributed by atoms with Gasteiger partial charge in [0.2, 0.25) is 47.3 Å². The van der Waals surface area contributed by atoms with E-state index in [0.29, 0.717) is 31.4 Å². The standard InChI is InChI=1S/C47H82N14O8/c1-26(2)21-35(59-45(68)37(23-28(5)6)60-44(67)36(22-27(3)4)56-30(9)62)42(65)55-25-38(63)57-34(14-12-20-53-47(51)52)43(66)61-39(29(7)8)46(69)58-33(13-10-11-19-48)41(64)54-24-31-15-17-32(18-16-31)40(49)50/h15-18,26-29,33-37,39H,10-14,19-25,48H2,1-9H3,(H3,49,50)(H,54,64)(H,55,65)(H,56,62)(H,57,63)(H,58,69)(H,59,68)(H,60,67)(H,61,66)(H4,51,52,53)/t33-,34-,35-,36-,37-,39-/m0/s1. The molecule has 0 aliphatic heterocycles. The van der Waals surface area contributed by atoms with Crippen molar-refractivity contribution in [2.24, 2.45) is 51.6 Å². The van der Waals surface area contributed by atoms with Gasteiger partial charge in [0, 0.05) is 25.6 Å². The molecule has 0 unspecified atom stereocenters. The molecule has 0 heterocycles. The average Bonchev–Trinajstić information content (AvgIpc) is 3.25. The summed E-state index contributed by atoms with van der Waals surface area (Å²) in [6.07, 6.45) is 2.43. The number of nitrogens with one attached hydrogen (secondary N) is 9. The minimum absolute atomic E-state index is 0.0290. The van der Waals surface area contributed by atoms with E-state index in [2.05, 4.69) is 47.5 Å². The second-order valence-corrected chi connectivity index (χ2v) is 19.0. The van der Waals surface area contributed by atoms with E-state index in [9.17, 15) is 38.4 Å². The highest BCUT2D eigenvalue weighted by Gasteiger charge is 2.33. The highest BCUT2D eigenvalue weighted by molar-refractivity contribution is 5.97. The third-order valence-electron chi connectivity index (χ3n) is 10.7. The summed E-state index contributed by atoms with van der Waals surface area (Å²) in [7, 11) is 0. The molecule has 1 rings (SSSR count). The summed E-state index contributed by atoms with van der Waals surface area (Å²) in [5.74, 6) is -5.57. The number of benzene rings is 1. The number of amidine groups is 1. The summed E-state index contributed by atoms with van der Waals surface area (Å²) in [6.45, 7) is 16.0. The van der Waals surface area contributed by atoms with E-state index in [1.165, 1.54) is 6.92 Å². The number of rotatable bonds is 32. The fraction of sp³-hybridized carbons (Fsp3) is 0.660. The van der Waals surface area contributed by atoms with Crippen LogP contribution >= 0.6 is 0 Å². The molecule has 1 aromatic carbocycles. The van der Waals surface area contributed by atoms with Crippen LogP contribution in [-0.4, -0.2) is 115 Å². The predicted octanol–water partition coefficient (Wildman–Crippen LogP) is -0.391. The molecule has 0 saturated carbocycles. The van der Waals surface area contributed by atoms with Gasteiger partial charge in [-0.25, -0.2) is 0 Å². The van der Waals surface area contributed by atoms with Gasteiger partial charge in [0.25, 0.3) is 0 Å². The molecule has 0 saturated heterocycles.